The molecule has 4 aliphatic carbocycles. The molecule has 0 spiro atoms. The average Bonchev–Trinajstić information content (AvgIpc) is 3.55. The fraction of sp³-hybridized carbons (Fsp3) is 0.333. The van der Waals surface area contributed by atoms with Crippen LogP contribution in [0.15, 0.2) is 115 Å². The van der Waals surface area contributed by atoms with Gasteiger partial charge in [0.1, 0.15) is 0 Å². The Morgan fingerprint density at radius 3 is 2.05 bits per heavy atom. The van der Waals surface area contributed by atoms with E-state index in [2.05, 4.69) is 134 Å². The van der Waals surface area contributed by atoms with Crippen LogP contribution in [-0.2, 0) is 0 Å². The SMILES string of the molecule is C[Si](C)(C1CC(c2ccccc2)C2c3ccccc3C=CC21)C1CC2C=CC=CC2C1c1ccccc1. The van der Waals surface area contributed by atoms with Crippen molar-refractivity contribution in [3.63, 3.8) is 0 Å². The summed E-state index contributed by atoms with van der Waals surface area (Å²) in [7, 11) is -1.69. The molecule has 0 nitrogen and oxygen atoms in total. The van der Waals surface area contributed by atoms with Gasteiger partial charge in [-0.15, -0.1) is 0 Å². The van der Waals surface area contributed by atoms with Crippen LogP contribution in [0.5, 0.6) is 0 Å². The molecule has 4 aliphatic rings. The van der Waals surface area contributed by atoms with E-state index in [9.17, 15) is 0 Å². The second-order valence-electron chi connectivity index (χ2n) is 12.6. The van der Waals surface area contributed by atoms with E-state index in [4.69, 9.17) is 0 Å². The Kier molecular flexibility index (Phi) is 5.74. The first-order valence-electron chi connectivity index (χ1n) is 14.3. The van der Waals surface area contributed by atoms with E-state index >= 15 is 0 Å². The van der Waals surface area contributed by atoms with Crippen LogP contribution >= 0.6 is 0 Å². The highest BCUT2D eigenvalue weighted by Gasteiger charge is 2.57. The molecular weight excluding hydrogens is 460 g/mol. The molecule has 186 valence electrons. The standard InChI is InChI=1S/C36H38Si/c1-37(2,34-23-28-18-10-12-20-30(28)35(34)27-16-7-4-8-17-27)33-24-32(25-13-5-3-6-14-25)36-29-19-11-9-15-26(29)21-22-31(33)36/h3-22,28,30-36H,23-24H2,1-2H3. The van der Waals surface area contributed by atoms with Crippen LogP contribution in [-0.4, -0.2) is 8.07 Å². The van der Waals surface area contributed by atoms with Crippen molar-refractivity contribution in [2.45, 2.75) is 54.8 Å². The number of benzene rings is 3. The normalized spacial score (nSPS) is 33.7. The van der Waals surface area contributed by atoms with Crippen molar-refractivity contribution in [3.05, 3.63) is 138 Å². The third-order valence-corrected chi connectivity index (χ3v) is 15.7. The van der Waals surface area contributed by atoms with Crippen molar-refractivity contribution >= 4 is 14.1 Å². The molecule has 0 aliphatic heterocycles. The van der Waals surface area contributed by atoms with Gasteiger partial charge >= 0.3 is 0 Å². The zero-order valence-electron chi connectivity index (χ0n) is 22.1. The van der Waals surface area contributed by atoms with Gasteiger partial charge in [0.25, 0.3) is 0 Å². The van der Waals surface area contributed by atoms with Crippen molar-refractivity contribution in [1.29, 1.82) is 0 Å². The van der Waals surface area contributed by atoms with Crippen LogP contribution < -0.4 is 0 Å². The molecule has 0 bridgehead atoms. The maximum Gasteiger partial charge on any atom is 0.0548 e. The number of rotatable bonds is 4. The van der Waals surface area contributed by atoms with Crippen molar-refractivity contribution in [2.75, 3.05) is 0 Å². The summed E-state index contributed by atoms with van der Waals surface area (Å²) < 4.78 is 0. The van der Waals surface area contributed by atoms with Gasteiger partial charge in [-0.05, 0) is 81.7 Å². The molecule has 0 heterocycles. The number of allylic oxidation sites excluding steroid dienone is 5. The van der Waals surface area contributed by atoms with Gasteiger partial charge in [0.05, 0.1) is 8.07 Å². The average molecular weight is 499 g/mol. The fourth-order valence-electron chi connectivity index (χ4n) is 8.97. The van der Waals surface area contributed by atoms with E-state index in [0.29, 0.717) is 35.5 Å². The topological polar surface area (TPSA) is 0 Å². The van der Waals surface area contributed by atoms with Gasteiger partial charge in [0.15, 0.2) is 0 Å². The van der Waals surface area contributed by atoms with Gasteiger partial charge in [-0.2, -0.15) is 0 Å². The predicted molar refractivity (Wildman–Crippen MR) is 160 cm³/mol. The number of hydrogen-bond donors (Lipinski definition) is 0. The van der Waals surface area contributed by atoms with Crippen LogP contribution in [0.2, 0.25) is 24.2 Å². The molecular formula is C36H38Si. The maximum atomic E-state index is 2.77. The Morgan fingerprint density at radius 2 is 1.27 bits per heavy atom. The fourth-order valence-corrected chi connectivity index (χ4v) is 13.9. The van der Waals surface area contributed by atoms with Gasteiger partial charge in [0, 0.05) is 0 Å². The van der Waals surface area contributed by atoms with E-state index in [-0.39, 0.29) is 0 Å². The second-order valence-corrected chi connectivity index (χ2v) is 17.7. The van der Waals surface area contributed by atoms with Crippen LogP contribution in [0.25, 0.3) is 6.08 Å². The smallest absolute Gasteiger partial charge is 0.0548 e. The zero-order chi connectivity index (χ0) is 25.0. The first-order valence-corrected chi connectivity index (χ1v) is 17.5. The van der Waals surface area contributed by atoms with E-state index < -0.39 is 8.07 Å². The molecule has 2 saturated carbocycles. The predicted octanol–water partition coefficient (Wildman–Crippen LogP) is 9.60. The van der Waals surface area contributed by atoms with Crippen LogP contribution in [0, 0.1) is 17.8 Å². The van der Waals surface area contributed by atoms with Gasteiger partial charge < -0.3 is 0 Å². The monoisotopic (exact) mass is 498 g/mol. The largest absolute Gasteiger partial charge is 0.0808 e. The Bertz CT molecular complexity index is 1350. The van der Waals surface area contributed by atoms with Crippen LogP contribution in [0.3, 0.4) is 0 Å². The quantitative estimate of drug-likeness (QED) is 0.314. The minimum Gasteiger partial charge on any atom is -0.0808 e. The summed E-state index contributed by atoms with van der Waals surface area (Å²) in [4.78, 5) is 0. The minimum absolute atomic E-state index is 0.596. The summed E-state index contributed by atoms with van der Waals surface area (Å²) in [5.74, 6) is 3.83. The van der Waals surface area contributed by atoms with Crippen LogP contribution in [0.1, 0.15) is 52.8 Å². The molecule has 7 rings (SSSR count). The molecule has 2 fully saturated rings. The Balaban J connectivity index is 1.31. The zero-order valence-corrected chi connectivity index (χ0v) is 23.1. The van der Waals surface area contributed by atoms with Crippen molar-refractivity contribution in [1.82, 2.24) is 0 Å². The first kappa shape index (κ1) is 23.2. The molecule has 1 heteroatoms. The van der Waals surface area contributed by atoms with Crippen LogP contribution in [0.4, 0.5) is 0 Å². The minimum atomic E-state index is -1.69. The lowest BCUT2D eigenvalue weighted by Crippen LogP contribution is -2.41. The lowest BCUT2D eigenvalue weighted by atomic mass is 9.75. The van der Waals surface area contributed by atoms with Crippen molar-refractivity contribution < 1.29 is 0 Å². The highest BCUT2D eigenvalue weighted by Crippen LogP contribution is 2.66. The summed E-state index contributed by atoms with van der Waals surface area (Å²) in [6.07, 6.45) is 17.4. The number of hydrogen-bond acceptors (Lipinski definition) is 0. The van der Waals surface area contributed by atoms with Gasteiger partial charge in [-0.25, -0.2) is 0 Å². The molecule has 3 aromatic rings. The molecule has 0 radical (unpaired) electrons. The van der Waals surface area contributed by atoms with Gasteiger partial charge in [0.2, 0.25) is 0 Å². The molecule has 3 aromatic carbocycles. The van der Waals surface area contributed by atoms with E-state index in [1.807, 2.05) is 0 Å². The van der Waals surface area contributed by atoms with E-state index in [1.165, 1.54) is 18.4 Å². The highest BCUT2D eigenvalue weighted by molar-refractivity contribution is 6.80. The highest BCUT2D eigenvalue weighted by atomic mass is 28.3. The third-order valence-electron chi connectivity index (χ3n) is 10.7. The Labute approximate surface area is 223 Å². The maximum absolute atomic E-state index is 2.77. The van der Waals surface area contributed by atoms with Gasteiger partial charge in [-0.1, -0.05) is 134 Å². The molecule has 37 heavy (non-hydrogen) atoms. The Morgan fingerprint density at radius 1 is 0.595 bits per heavy atom. The number of fused-ring (bicyclic) bond motifs is 4. The lowest BCUT2D eigenvalue weighted by Gasteiger charge is -2.43. The third kappa shape index (κ3) is 3.77. The molecule has 8 unspecified atom stereocenters. The van der Waals surface area contributed by atoms with E-state index in [1.54, 1.807) is 16.7 Å². The van der Waals surface area contributed by atoms with Crippen molar-refractivity contribution in [2.24, 2.45) is 17.8 Å². The van der Waals surface area contributed by atoms with E-state index in [0.717, 1.165) is 11.1 Å². The van der Waals surface area contributed by atoms with Crippen molar-refractivity contribution in [3.8, 4) is 0 Å². The summed E-state index contributed by atoms with van der Waals surface area (Å²) >= 11 is 0. The first-order chi connectivity index (χ1) is 18.1. The molecule has 0 N–H and O–H groups in total. The molecule has 8 atom stereocenters. The summed E-state index contributed by atoms with van der Waals surface area (Å²) in [6.45, 7) is 5.53. The molecule has 0 saturated heterocycles. The van der Waals surface area contributed by atoms with Gasteiger partial charge in [-0.3, -0.25) is 0 Å². The second kappa shape index (κ2) is 9.13. The summed E-state index contributed by atoms with van der Waals surface area (Å²) in [5, 5.41) is 0. The molecule has 0 amide bonds. The Hall–Kier alpha value is -2.90. The summed E-state index contributed by atoms with van der Waals surface area (Å²) in [6, 6.07) is 32.2. The lowest BCUT2D eigenvalue weighted by molar-refractivity contribution is 0.505. The molecule has 0 aromatic heterocycles. The summed E-state index contributed by atoms with van der Waals surface area (Å²) in [5.41, 5.74) is 7.72.